The molecule has 0 fully saturated rings. The Bertz CT molecular complexity index is 167. The highest BCUT2D eigenvalue weighted by molar-refractivity contribution is 5.76. The molecule has 3 nitrogen and oxygen atoms in total. The van der Waals surface area contributed by atoms with Gasteiger partial charge in [0.25, 0.3) is 0 Å². The van der Waals surface area contributed by atoms with Gasteiger partial charge in [0.1, 0.15) is 0 Å². The van der Waals surface area contributed by atoms with Crippen molar-refractivity contribution in [3.63, 3.8) is 0 Å². The van der Waals surface area contributed by atoms with E-state index in [0.29, 0.717) is 24.9 Å². The van der Waals surface area contributed by atoms with Crippen molar-refractivity contribution >= 4 is 5.91 Å². The van der Waals surface area contributed by atoms with Gasteiger partial charge in [-0.1, -0.05) is 13.8 Å². The molecule has 0 unspecified atom stereocenters. The van der Waals surface area contributed by atoms with E-state index in [0.717, 1.165) is 13.0 Å². The normalized spacial score (nSPS) is 11.1. The predicted octanol–water partition coefficient (Wildman–Crippen LogP) is 1.62. The molecule has 0 aliphatic carbocycles. The Labute approximate surface area is 87.6 Å². The van der Waals surface area contributed by atoms with Crippen LogP contribution in [0.4, 0.5) is 0 Å². The molecule has 0 bridgehead atoms. The van der Waals surface area contributed by atoms with Crippen molar-refractivity contribution in [3.05, 3.63) is 0 Å². The lowest BCUT2D eigenvalue weighted by Crippen LogP contribution is -2.39. The first-order valence-electron chi connectivity index (χ1n) is 5.48. The van der Waals surface area contributed by atoms with Crippen molar-refractivity contribution in [2.45, 2.75) is 46.6 Å². The summed E-state index contributed by atoms with van der Waals surface area (Å²) < 4.78 is 0. The van der Waals surface area contributed by atoms with Gasteiger partial charge in [0.2, 0.25) is 5.91 Å². The number of carbonyl (C=O) groups excluding carboxylic acids is 1. The lowest BCUT2D eigenvalue weighted by Gasteiger charge is -2.28. The molecular formula is C11H24N2O. The van der Waals surface area contributed by atoms with E-state index in [4.69, 9.17) is 5.73 Å². The van der Waals surface area contributed by atoms with E-state index in [1.54, 1.807) is 0 Å². The van der Waals surface area contributed by atoms with Gasteiger partial charge in [-0.25, -0.2) is 0 Å². The molecule has 0 atom stereocenters. The Morgan fingerprint density at radius 2 is 1.86 bits per heavy atom. The molecule has 0 aromatic carbocycles. The summed E-state index contributed by atoms with van der Waals surface area (Å²) >= 11 is 0. The summed E-state index contributed by atoms with van der Waals surface area (Å²) in [6.07, 6.45) is 1.38. The zero-order valence-electron chi connectivity index (χ0n) is 9.92. The smallest absolute Gasteiger partial charge is 0.222 e. The van der Waals surface area contributed by atoms with Crippen molar-refractivity contribution in [2.24, 2.45) is 11.7 Å². The Balaban J connectivity index is 4.12. The number of hydrogen-bond donors (Lipinski definition) is 1. The van der Waals surface area contributed by atoms with Gasteiger partial charge in [-0.2, -0.15) is 0 Å². The molecule has 3 heteroatoms. The van der Waals surface area contributed by atoms with Gasteiger partial charge in [-0.3, -0.25) is 4.79 Å². The fourth-order valence-electron chi connectivity index (χ4n) is 1.39. The number of hydrogen-bond acceptors (Lipinski definition) is 2. The van der Waals surface area contributed by atoms with Crippen LogP contribution in [0, 0.1) is 5.92 Å². The van der Waals surface area contributed by atoms with Gasteiger partial charge in [-0.05, 0) is 32.7 Å². The summed E-state index contributed by atoms with van der Waals surface area (Å²) in [5, 5.41) is 0. The summed E-state index contributed by atoms with van der Waals surface area (Å²) in [4.78, 5) is 13.7. The van der Waals surface area contributed by atoms with Gasteiger partial charge in [0.05, 0.1) is 0 Å². The van der Waals surface area contributed by atoms with Gasteiger partial charge >= 0.3 is 0 Å². The molecule has 0 aliphatic rings. The van der Waals surface area contributed by atoms with Crippen LogP contribution < -0.4 is 5.73 Å². The third kappa shape index (κ3) is 5.22. The van der Waals surface area contributed by atoms with E-state index in [2.05, 4.69) is 27.7 Å². The molecule has 0 saturated heterocycles. The third-order valence-corrected chi connectivity index (χ3v) is 2.10. The second kappa shape index (κ2) is 6.82. The van der Waals surface area contributed by atoms with E-state index < -0.39 is 0 Å². The first-order valence-corrected chi connectivity index (χ1v) is 5.48. The van der Waals surface area contributed by atoms with Crippen molar-refractivity contribution < 1.29 is 4.79 Å². The maximum absolute atomic E-state index is 11.7. The fourth-order valence-corrected chi connectivity index (χ4v) is 1.39. The lowest BCUT2D eigenvalue weighted by atomic mass is 10.1. The van der Waals surface area contributed by atoms with Crippen LogP contribution >= 0.6 is 0 Å². The van der Waals surface area contributed by atoms with E-state index in [1.165, 1.54) is 0 Å². The number of rotatable bonds is 6. The molecule has 0 aromatic heterocycles. The van der Waals surface area contributed by atoms with Crippen LogP contribution in [0.2, 0.25) is 0 Å². The summed E-state index contributed by atoms with van der Waals surface area (Å²) in [7, 11) is 0. The summed E-state index contributed by atoms with van der Waals surface area (Å²) in [6, 6.07) is 0.294. The highest BCUT2D eigenvalue weighted by Gasteiger charge is 2.16. The van der Waals surface area contributed by atoms with E-state index in [-0.39, 0.29) is 5.91 Å². The first kappa shape index (κ1) is 13.4. The molecule has 0 heterocycles. The largest absolute Gasteiger partial charge is 0.340 e. The second-order valence-corrected chi connectivity index (χ2v) is 4.43. The lowest BCUT2D eigenvalue weighted by molar-refractivity contribution is -0.133. The van der Waals surface area contributed by atoms with Gasteiger partial charge in [-0.15, -0.1) is 0 Å². The topological polar surface area (TPSA) is 46.3 Å². The first-order chi connectivity index (χ1) is 6.49. The number of nitrogens with two attached hydrogens (primary N) is 1. The standard InChI is InChI=1S/C11H24N2O/c1-9(2)8-13(10(3)4)11(14)6-5-7-12/h9-10H,5-8,12H2,1-4H3. The number of nitrogens with zero attached hydrogens (tertiary/aromatic N) is 1. The Morgan fingerprint density at radius 3 is 2.21 bits per heavy atom. The molecule has 84 valence electrons. The molecule has 0 aliphatic heterocycles. The van der Waals surface area contributed by atoms with E-state index in [1.807, 2.05) is 4.90 Å². The third-order valence-electron chi connectivity index (χ3n) is 2.10. The van der Waals surface area contributed by atoms with E-state index in [9.17, 15) is 4.79 Å². The maximum Gasteiger partial charge on any atom is 0.222 e. The highest BCUT2D eigenvalue weighted by Crippen LogP contribution is 2.07. The average Bonchev–Trinajstić information content (AvgIpc) is 2.09. The molecule has 0 rings (SSSR count). The zero-order chi connectivity index (χ0) is 11.1. The SMILES string of the molecule is CC(C)CN(C(=O)CCCN)C(C)C. The van der Waals surface area contributed by atoms with Crippen LogP contribution in [-0.4, -0.2) is 29.9 Å². The number of carbonyl (C=O) groups is 1. The average molecular weight is 200 g/mol. The van der Waals surface area contributed by atoms with Crippen molar-refractivity contribution in [3.8, 4) is 0 Å². The summed E-state index contributed by atoms with van der Waals surface area (Å²) in [5.74, 6) is 0.762. The molecular weight excluding hydrogens is 176 g/mol. The Kier molecular flexibility index (Phi) is 6.54. The zero-order valence-corrected chi connectivity index (χ0v) is 9.92. The Hall–Kier alpha value is -0.570. The summed E-state index contributed by atoms with van der Waals surface area (Å²) in [6.45, 7) is 9.82. The minimum atomic E-state index is 0.235. The van der Waals surface area contributed by atoms with Crippen LogP contribution in [0.5, 0.6) is 0 Å². The Morgan fingerprint density at radius 1 is 1.29 bits per heavy atom. The van der Waals surface area contributed by atoms with Crippen LogP contribution in [0.15, 0.2) is 0 Å². The van der Waals surface area contributed by atoms with Crippen molar-refractivity contribution in [1.29, 1.82) is 0 Å². The van der Waals surface area contributed by atoms with Gasteiger partial charge in [0, 0.05) is 19.0 Å². The predicted molar refractivity (Wildman–Crippen MR) is 60.0 cm³/mol. The quantitative estimate of drug-likeness (QED) is 0.708. The number of amides is 1. The second-order valence-electron chi connectivity index (χ2n) is 4.43. The van der Waals surface area contributed by atoms with Crippen molar-refractivity contribution in [2.75, 3.05) is 13.1 Å². The van der Waals surface area contributed by atoms with Crippen LogP contribution in [0.25, 0.3) is 0 Å². The molecule has 14 heavy (non-hydrogen) atoms. The minimum Gasteiger partial charge on any atom is -0.340 e. The van der Waals surface area contributed by atoms with Gasteiger partial charge < -0.3 is 10.6 Å². The van der Waals surface area contributed by atoms with Crippen LogP contribution in [-0.2, 0) is 4.79 Å². The van der Waals surface area contributed by atoms with Crippen molar-refractivity contribution in [1.82, 2.24) is 4.90 Å². The minimum absolute atomic E-state index is 0.235. The molecule has 2 N–H and O–H groups in total. The molecule has 0 radical (unpaired) electrons. The van der Waals surface area contributed by atoms with Crippen LogP contribution in [0.3, 0.4) is 0 Å². The monoisotopic (exact) mass is 200 g/mol. The molecule has 1 amide bonds. The molecule has 0 aromatic rings. The van der Waals surface area contributed by atoms with E-state index >= 15 is 0 Å². The highest BCUT2D eigenvalue weighted by atomic mass is 16.2. The molecule has 0 saturated carbocycles. The molecule has 0 spiro atoms. The fraction of sp³-hybridized carbons (Fsp3) is 0.909. The summed E-state index contributed by atoms with van der Waals surface area (Å²) in [5.41, 5.74) is 5.38. The van der Waals surface area contributed by atoms with Crippen LogP contribution in [0.1, 0.15) is 40.5 Å². The van der Waals surface area contributed by atoms with Gasteiger partial charge in [0.15, 0.2) is 0 Å². The maximum atomic E-state index is 11.7.